The van der Waals surface area contributed by atoms with Gasteiger partial charge in [-0.05, 0) is 89.7 Å². The van der Waals surface area contributed by atoms with Crippen LogP contribution in [-0.4, -0.2) is 44.0 Å². The first-order chi connectivity index (χ1) is 27.6. The van der Waals surface area contributed by atoms with E-state index in [2.05, 4.69) is 178 Å². The third-order valence-electron chi connectivity index (χ3n) is 8.61. The number of unbranched alkanes of at least 4 members (excludes halogenated alkanes) is 9. The molecular formula is C54H63N5. The third-order valence-corrected chi connectivity index (χ3v) is 8.61. The van der Waals surface area contributed by atoms with Crippen LogP contribution in [0.2, 0.25) is 0 Å². The molecule has 0 radical (unpaired) electrons. The number of hydrogen-bond acceptors (Lipinski definition) is 4. The molecule has 3 heterocycles. The molecule has 0 saturated heterocycles. The van der Waals surface area contributed by atoms with E-state index in [-0.39, 0.29) is 22.3 Å². The van der Waals surface area contributed by atoms with Crippen molar-refractivity contribution >= 4 is 12.3 Å². The lowest BCUT2D eigenvalue weighted by Gasteiger charge is -2.18. The van der Waals surface area contributed by atoms with E-state index >= 15 is 0 Å². The summed E-state index contributed by atoms with van der Waals surface area (Å²) in [6, 6.07) is 13.5. The average molecular weight is 782 g/mol. The molecule has 2 aromatic rings. The molecule has 2 aliphatic heterocycles. The standard InChI is InChI=1S/C28H14N2.C23H37N3.3CH4/c1-3-5-6-7-8-9-10-11-12-13-14-15-16-17-22-29-23-24-30(26-29)25-28-20-18-27(4-2)19-21-28;1-3-24-18-16-23(21-24)15-13-11-9-7-5-6-8-10-12-14-17-26-20-19-25(4-2)22-26;;;/h1,4,18-21,23-24H,2,25-26H2;3-4,16,18-21H,1-2,5-15,17,22H2;3*1H4. The van der Waals surface area contributed by atoms with E-state index < -0.39 is 0 Å². The van der Waals surface area contributed by atoms with Crippen LogP contribution in [0.3, 0.4) is 0 Å². The topological polar surface area (TPSA) is 17.9 Å². The van der Waals surface area contributed by atoms with Gasteiger partial charge in [-0.1, -0.05) is 124 Å². The Labute approximate surface area is 360 Å². The Morgan fingerprint density at radius 2 is 1.08 bits per heavy atom. The van der Waals surface area contributed by atoms with Gasteiger partial charge in [0.05, 0.1) is 6.67 Å². The lowest BCUT2D eigenvalue weighted by atomic mass is 10.0. The largest absolute Gasteiger partial charge is 0.358 e. The van der Waals surface area contributed by atoms with E-state index in [1.165, 1.54) is 88.3 Å². The molecule has 5 nitrogen and oxygen atoms in total. The minimum absolute atomic E-state index is 0. The fraction of sp³-hybridized carbons (Fsp3) is 0.333. The first kappa shape index (κ1) is 51.9. The zero-order valence-electron chi connectivity index (χ0n) is 32.6. The van der Waals surface area contributed by atoms with E-state index in [4.69, 9.17) is 6.42 Å². The Hall–Kier alpha value is -7.12. The van der Waals surface area contributed by atoms with Crippen molar-refractivity contribution in [2.24, 2.45) is 0 Å². The molecular weight excluding hydrogens is 719 g/mol. The van der Waals surface area contributed by atoms with Gasteiger partial charge in [-0.3, -0.25) is 4.90 Å². The van der Waals surface area contributed by atoms with Gasteiger partial charge in [0.15, 0.2) is 0 Å². The zero-order valence-corrected chi connectivity index (χ0v) is 32.6. The van der Waals surface area contributed by atoms with Gasteiger partial charge in [-0.25, -0.2) is 0 Å². The molecule has 2 aliphatic rings. The first-order valence-corrected chi connectivity index (χ1v) is 19.1. The van der Waals surface area contributed by atoms with Gasteiger partial charge in [-0.2, -0.15) is 0 Å². The summed E-state index contributed by atoms with van der Waals surface area (Å²) in [5, 5.41) is 0. The summed E-state index contributed by atoms with van der Waals surface area (Å²) in [4.78, 5) is 8.52. The molecule has 0 spiro atoms. The molecule has 0 atom stereocenters. The van der Waals surface area contributed by atoms with Crippen molar-refractivity contribution < 1.29 is 0 Å². The van der Waals surface area contributed by atoms with Gasteiger partial charge in [0, 0.05) is 104 Å². The molecule has 5 heteroatoms. The lowest BCUT2D eigenvalue weighted by Crippen LogP contribution is -2.22. The van der Waals surface area contributed by atoms with Crippen molar-refractivity contribution in [1.29, 1.82) is 0 Å². The Bertz CT molecular complexity index is 2120. The normalized spacial score (nSPS) is 10.7. The maximum Gasteiger partial charge on any atom is 0.102 e. The second-order valence-electron chi connectivity index (χ2n) is 12.9. The van der Waals surface area contributed by atoms with Crippen molar-refractivity contribution in [3.8, 4) is 95.4 Å². The molecule has 304 valence electrons. The highest BCUT2D eigenvalue weighted by molar-refractivity contribution is 5.47. The molecule has 0 amide bonds. The van der Waals surface area contributed by atoms with Gasteiger partial charge in [0.25, 0.3) is 0 Å². The summed E-state index contributed by atoms with van der Waals surface area (Å²) in [7, 11) is 0. The number of aromatic nitrogens is 1. The minimum atomic E-state index is 0. The summed E-state index contributed by atoms with van der Waals surface area (Å²) in [5.74, 6) is 35.2. The molecule has 59 heavy (non-hydrogen) atoms. The smallest absolute Gasteiger partial charge is 0.102 e. The Morgan fingerprint density at radius 3 is 1.61 bits per heavy atom. The van der Waals surface area contributed by atoms with Gasteiger partial charge < -0.3 is 19.3 Å². The van der Waals surface area contributed by atoms with Crippen molar-refractivity contribution in [2.75, 3.05) is 19.9 Å². The van der Waals surface area contributed by atoms with Crippen molar-refractivity contribution in [2.45, 2.75) is 99.5 Å². The molecule has 1 aromatic carbocycles. The summed E-state index contributed by atoms with van der Waals surface area (Å²) in [6.45, 7) is 15.0. The summed E-state index contributed by atoms with van der Waals surface area (Å²) < 4.78 is 2.03. The van der Waals surface area contributed by atoms with E-state index in [1.54, 1.807) is 0 Å². The van der Waals surface area contributed by atoms with Crippen LogP contribution in [0.1, 0.15) is 103 Å². The number of nitrogens with zero attached hydrogens (tertiary/aromatic N) is 5. The molecule has 0 N–H and O–H groups in total. The second kappa shape index (κ2) is 34.2. The Morgan fingerprint density at radius 1 is 0.542 bits per heavy atom. The number of hydrogen-bond donors (Lipinski definition) is 0. The third kappa shape index (κ3) is 24.2. The maximum atomic E-state index is 4.94. The molecule has 0 unspecified atom stereocenters. The van der Waals surface area contributed by atoms with Gasteiger partial charge in [0.1, 0.15) is 6.67 Å². The van der Waals surface area contributed by atoms with Crippen LogP contribution >= 0.6 is 0 Å². The van der Waals surface area contributed by atoms with E-state index in [9.17, 15) is 0 Å². The summed E-state index contributed by atoms with van der Waals surface area (Å²) >= 11 is 0. The Kier molecular flexibility index (Phi) is 30.0. The van der Waals surface area contributed by atoms with E-state index in [0.29, 0.717) is 6.67 Å². The van der Waals surface area contributed by atoms with Crippen LogP contribution < -0.4 is 0 Å². The molecule has 4 rings (SSSR count). The van der Waals surface area contributed by atoms with Crippen LogP contribution in [0, 0.1) is 95.4 Å². The van der Waals surface area contributed by atoms with Gasteiger partial charge in [0.2, 0.25) is 0 Å². The highest BCUT2D eigenvalue weighted by atomic mass is 15.3. The van der Waals surface area contributed by atoms with Crippen molar-refractivity contribution in [3.05, 3.63) is 110 Å². The second-order valence-corrected chi connectivity index (χ2v) is 12.9. The van der Waals surface area contributed by atoms with Crippen LogP contribution in [-0.2, 0) is 13.0 Å². The number of terminal acetylenes is 1. The lowest BCUT2D eigenvalue weighted by molar-refractivity contribution is 0.307. The fourth-order valence-corrected chi connectivity index (χ4v) is 5.64. The molecule has 0 bridgehead atoms. The van der Waals surface area contributed by atoms with Crippen molar-refractivity contribution in [1.82, 2.24) is 24.2 Å². The maximum absolute atomic E-state index is 4.94. The van der Waals surface area contributed by atoms with Crippen LogP contribution in [0.15, 0.2) is 93.5 Å². The molecule has 0 saturated carbocycles. The van der Waals surface area contributed by atoms with Gasteiger partial charge >= 0.3 is 0 Å². The van der Waals surface area contributed by atoms with Crippen LogP contribution in [0.4, 0.5) is 0 Å². The van der Waals surface area contributed by atoms with E-state index in [0.717, 1.165) is 18.8 Å². The zero-order chi connectivity index (χ0) is 39.7. The van der Waals surface area contributed by atoms with Crippen molar-refractivity contribution in [3.63, 3.8) is 0 Å². The number of rotatable bonds is 18. The van der Waals surface area contributed by atoms with E-state index in [1.807, 2.05) is 40.3 Å². The predicted octanol–water partition coefficient (Wildman–Crippen LogP) is 10.6. The average Bonchev–Trinajstić information content (AvgIpc) is 4.01. The first-order valence-electron chi connectivity index (χ1n) is 19.1. The highest BCUT2D eigenvalue weighted by Gasteiger charge is 2.10. The summed E-state index contributed by atoms with van der Waals surface area (Å²) in [5.41, 5.74) is 3.78. The van der Waals surface area contributed by atoms with Crippen LogP contribution in [0.25, 0.3) is 12.3 Å². The predicted molar refractivity (Wildman–Crippen MR) is 255 cm³/mol. The molecule has 1 aromatic heterocycles. The Balaban J connectivity index is 0.00000109. The quantitative estimate of drug-likeness (QED) is 0.111. The number of benzene rings is 1. The SMILES string of the molecule is C.C.C.C#CC#CC#CC#CC#CC#CC#CC#CN1C=CN(Cc2ccc(C=C)cc2)C1.C=CN1C=CN(CCCCCCCCCCCCc2ccn(C=C)c2)C1. The van der Waals surface area contributed by atoms with Crippen LogP contribution in [0.5, 0.6) is 0 Å². The minimum Gasteiger partial charge on any atom is -0.358 e. The van der Waals surface area contributed by atoms with Gasteiger partial charge in [-0.15, -0.1) is 6.42 Å². The fourth-order valence-electron chi connectivity index (χ4n) is 5.64. The molecule has 0 aliphatic carbocycles. The molecule has 0 fully saturated rings. The monoisotopic (exact) mass is 782 g/mol. The summed E-state index contributed by atoms with van der Waals surface area (Å²) in [6.07, 6.45) is 38.0. The highest BCUT2D eigenvalue weighted by Crippen LogP contribution is 2.15. The number of aryl methyl sites for hydroxylation is 1.